The van der Waals surface area contributed by atoms with E-state index in [0.717, 1.165) is 37.9 Å². The van der Waals surface area contributed by atoms with Crippen LogP contribution in [0.2, 0.25) is 0 Å². The van der Waals surface area contributed by atoms with Crippen LogP contribution in [0.4, 0.5) is 5.69 Å². The van der Waals surface area contributed by atoms with Crippen molar-refractivity contribution in [3.63, 3.8) is 0 Å². The van der Waals surface area contributed by atoms with Gasteiger partial charge in [0.05, 0.1) is 7.11 Å². The standard InChI is InChI=1S/C14H22N4O/c1-15-14(16-2)18-10-8-17(9-11-18)12-4-6-13(19-3)7-5-12/h4-7H,8-11H2,1-3H3,(H,15,16). The molecule has 1 aliphatic rings. The van der Waals surface area contributed by atoms with Crippen molar-refractivity contribution in [3.05, 3.63) is 24.3 Å². The molecule has 1 aromatic carbocycles. The van der Waals surface area contributed by atoms with Crippen LogP contribution in [0.25, 0.3) is 0 Å². The van der Waals surface area contributed by atoms with Gasteiger partial charge in [-0.1, -0.05) is 0 Å². The van der Waals surface area contributed by atoms with E-state index in [2.05, 4.69) is 32.2 Å². The Hall–Kier alpha value is -1.91. The average Bonchev–Trinajstić information content (AvgIpc) is 2.49. The summed E-state index contributed by atoms with van der Waals surface area (Å²) >= 11 is 0. The Balaban J connectivity index is 1.95. The van der Waals surface area contributed by atoms with E-state index in [-0.39, 0.29) is 0 Å². The number of nitrogens with zero attached hydrogens (tertiary/aromatic N) is 3. The molecule has 0 saturated carbocycles. The van der Waals surface area contributed by atoms with Crippen LogP contribution in [-0.2, 0) is 0 Å². The van der Waals surface area contributed by atoms with Gasteiger partial charge in [-0.25, -0.2) is 0 Å². The van der Waals surface area contributed by atoms with E-state index in [4.69, 9.17) is 4.74 Å². The van der Waals surface area contributed by atoms with Gasteiger partial charge in [0.1, 0.15) is 5.75 Å². The second kappa shape index (κ2) is 6.31. The summed E-state index contributed by atoms with van der Waals surface area (Å²) in [6.07, 6.45) is 0. The summed E-state index contributed by atoms with van der Waals surface area (Å²) in [7, 11) is 5.43. The zero-order valence-electron chi connectivity index (χ0n) is 11.9. The van der Waals surface area contributed by atoms with Crippen LogP contribution in [0.1, 0.15) is 0 Å². The number of aliphatic imine (C=N–C) groups is 1. The van der Waals surface area contributed by atoms with Gasteiger partial charge < -0.3 is 19.9 Å². The number of hydrogen-bond donors (Lipinski definition) is 1. The Bertz CT molecular complexity index is 422. The molecule has 0 radical (unpaired) electrons. The zero-order valence-corrected chi connectivity index (χ0v) is 11.9. The molecule has 5 heteroatoms. The monoisotopic (exact) mass is 262 g/mol. The van der Waals surface area contributed by atoms with Gasteiger partial charge in [0.2, 0.25) is 0 Å². The first kappa shape index (κ1) is 13.5. The summed E-state index contributed by atoms with van der Waals surface area (Å²) < 4.78 is 5.18. The number of guanidine groups is 1. The van der Waals surface area contributed by atoms with Crippen LogP contribution in [-0.4, -0.2) is 58.2 Å². The maximum Gasteiger partial charge on any atom is 0.193 e. The summed E-state index contributed by atoms with van der Waals surface area (Å²) in [6, 6.07) is 8.24. The Kier molecular flexibility index (Phi) is 4.49. The topological polar surface area (TPSA) is 40.1 Å². The van der Waals surface area contributed by atoms with Crippen molar-refractivity contribution >= 4 is 11.6 Å². The lowest BCUT2D eigenvalue weighted by Crippen LogP contribution is -2.51. The summed E-state index contributed by atoms with van der Waals surface area (Å²) in [4.78, 5) is 8.91. The highest BCUT2D eigenvalue weighted by Crippen LogP contribution is 2.20. The summed E-state index contributed by atoms with van der Waals surface area (Å²) in [5.41, 5.74) is 1.25. The molecule has 0 aliphatic carbocycles. The first-order valence-corrected chi connectivity index (χ1v) is 6.57. The molecule has 2 rings (SSSR count). The number of methoxy groups -OCH3 is 1. The van der Waals surface area contributed by atoms with E-state index in [1.165, 1.54) is 5.69 Å². The second-order valence-corrected chi connectivity index (χ2v) is 4.47. The number of hydrogen-bond acceptors (Lipinski definition) is 3. The minimum Gasteiger partial charge on any atom is -0.497 e. The van der Waals surface area contributed by atoms with Crippen LogP contribution >= 0.6 is 0 Å². The van der Waals surface area contributed by atoms with Crippen LogP contribution in [0.5, 0.6) is 5.75 Å². The number of rotatable bonds is 2. The van der Waals surface area contributed by atoms with Gasteiger partial charge in [-0.05, 0) is 24.3 Å². The first-order valence-electron chi connectivity index (χ1n) is 6.57. The Labute approximate surface area is 114 Å². The van der Waals surface area contributed by atoms with Crippen molar-refractivity contribution in [1.29, 1.82) is 0 Å². The third kappa shape index (κ3) is 3.10. The van der Waals surface area contributed by atoms with E-state index in [0.29, 0.717) is 0 Å². The highest BCUT2D eigenvalue weighted by atomic mass is 16.5. The molecule has 19 heavy (non-hydrogen) atoms. The van der Waals surface area contributed by atoms with Crippen LogP contribution in [0.15, 0.2) is 29.3 Å². The minimum atomic E-state index is 0.901. The summed E-state index contributed by atoms with van der Waals surface area (Å²) in [5.74, 6) is 1.87. The van der Waals surface area contributed by atoms with Gasteiger partial charge in [-0.2, -0.15) is 0 Å². The molecule has 1 aromatic rings. The number of ether oxygens (including phenoxy) is 1. The maximum absolute atomic E-state index is 5.18. The average molecular weight is 262 g/mol. The maximum atomic E-state index is 5.18. The predicted molar refractivity (Wildman–Crippen MR) is 79.2 cm³/mol. The molecule has 0 aromatic heterocycles. The highest BCUT2D eigenvalue weighted by molar-refractivity contribution is 5.79. The molecule has 0 unspecified atom stereocenters. The van der Waals surface area contributed by atoms with Crippen molar-refractivity contribution in [3.8, 4) is 5.75 Å². The fraction of sp³-hybridized carbons (Fsp3) is 0.500. The van der Waals surface area contributed by atoms with Crippen molar-refractivity contribution in [2.45, 2.75) is 0 Å². The SMILES string of the molecule is CN=C(NC)N1CCN(c2ccc(OC)cc2)CC1. The van der Waals surface area contributed by atoms with E-state index >= 15 is 0 Å². The highest BCUT2D eigenvalue weighted by Gasteiger charge is 2.18. The largest absolute Gasteiger partial charge is 0.497 e. The quantitative estimate of drug-likeness (QED) is 0.638. The Morgan fingerprint density at radius 2 is 1.79 bits per heavy atom. The van der Waals surface area contributed by atoms with Gasteiger partial charge in [0, 0.05) is 46.0 Å². The zero-order chi connectivity index (χ0) is 13.7. The Morgan fingerprint density at radius 1 is 1.16 bits per heavy atom. The molecular formula is C14H22N4O. The molecular weight excluding hydrogens is 240 g/mol. The van der Waals surface area contributed by atoms with Gasteiger partial charge >= 0.3 is 0 Å². The number of anilines is 1. The van der Waals surface area contributed by atoms with Crippen molar-refractivity contribution < 1.29 is 4.74 Å². The molecule has 1 fully saturated rings. The molecule has 0 atom stereocenters. The molecule has 104 valence electrons. The van der Waals surface area contributed by atoms with E-state index in [1.807, 2.05) is 26.2 Å². The smallest absolute Gasteiger partial charge is 0.193 e. The van der Waals surface area contributed by atoms with Crippen molar-refractivity contribution in [2.75, 3.05) is 52.3 Å². The van der Waals surface area contributed by atoms with Crippen LogP contribution in [0, 0.1) is 0 Å². The fourth-order valence-electron chi connectivity index (χ4n) is 2.38. The van der Waals surface area contributed by atoms with Crippen molar-refractivity contribution in [2.24, 2.45) is 4.99 Å². The molecule has 1 saturated heterocycles. The predicted octanol–water partition coefficient (Wildman–Crippen LogP) is 1.02. The van der Waals surface area contributed by atoms with Crippen LogP contribution < -0.4 is 15.0 Å². The minimum absolute atomic E-state index is 0.901. The Morgan fingerprint density at radius 3 is 2.26 bits per heavy atom. The van der Waals surface area contributed by atoms with Gasteiger partial charge in [0.15, 0.2) is 5.96 Å². The summed E-state index contributed by atoms with van der Waals surface area (Å²) in [5, 5.41) is 3.13. The third-order valence-corrected chi connectivity index (χ3v) is 3.45. The number of piperazine rings is 1. The van der Waals surface area contributed by atoms with E-state index in [1.54, 1.807) is 7.11 Å². The second-order valence-electron chi connectivity index (χ2n) is 4.47. The van der Waals surface area contributed by atoms with Crippen LogP contribution in [0.3, 0.4) is 0 Å². The molecule has 1 heterocycles. The lowest BCUT2D eigenvalue weighted by molar-refractivity contribution is 0.375. The molecule has 1 aliphatic heterocycles. The molecule has 5 nitrogen and oxygen atoms in total. The first-order chi connectivity index (χ1) is 9.28. The lowest BCUT2D eigenvalue weighted by Gasteiger charge is -2.37. The molecule has 0 amide bonds. The number of nitrogens with one attached hydrogen (secondary N) is 1. The van der Waals surface area contributed by atoms with E-state index < -0.39 is 0 Å². The molecule has 0 spiro atoms. The third-order valence-electron chi connectivity index (χ3n) is 3.45. The fourth-order valence-corrected chi connectivity index (χ4v) is 2.38. The van der Waals surface area contributed by atoms with Gasteiger partial charge in [0.25, 0.3) is 0 Å². The summed E-state index contributed by atoms with van der Waals surface area (Å²) in [6.45, 7) is 3.99. The van der Waals surface area contributed by atoms with E-state index in [9.17, 15) is 0 Å². The molecule has 1 N–H and O–H groups in total. The lowest BCUT2D eigenvalue weighted by atomic mass is 10.2. The normalized spacial score (nSPS) is 16.5. The van der Waals surface area contributed by atoms with Gasteiger partial charge in [-0.15, -0.1) is 0 Å². The van der Waals surface area contributed by atoms with Gasteiger partial charge in [-0.3, -0.25) is 4.99 Å². The van der Waals surface area contributed by atoms with Crippen molar-refractivity contribution in [1.82, 2.24) is 10.2 Å². The molecule has 0 bridgehead atoms. The number of benzene rings is 1.